The Morgan fingerprint density at radius 2 is 2.05 bits per heavy atom. The van der Waals surface area contributed by atoms with Crippen LogP contribution in [-0.4, -0.2) is 11.4 Å². The number of allylic oxidation sites excluding steroid dienone is 4. The molecule has 0 spiro atoms. The first-order valence-electron chi connectivity index (χ1n) is 6.37. The molecule has 6 heteroatoms. The van der Waals surface area contributed by atoms with Crippen molar-refractivity contribution in [1.29, 1.82) is 0 Å². The molecule has 0 saturated heterocycles. The van der Waals surface area contributed by atoms with E-state index in [1.807, 2.05) is 0 Å². The number of fused-ring (bicyclic) bond motifs is 1. The van der Waals surface area contributed by atoms with Crippen molar-refractivity contribution < 1.29 is 22.3 Å². The van der Waals surface area contributed by atoms with Gasteiger partial charge in [-0.1, -0.05) is 24.8 Å². The standard InChI is InChI=1S/C16H10F4OS/c1-2-3-11-10-5-4-9(17)8-13(10)21-12-6-7-14(16(18,19)20)22-15(11)12/h2-8,14H,1H2. The van der Waals surface area contributed by atoms with E-state index in [0.29, 0.717) is 27.8 Å². The van der Waals surface area contributed by atoms with Crippen LogP contribution in [0.5, 0.6) is 5.75 Å². The van der Waals surface area contributed by atoms with Crippen LogP contribution >= 0.6 is 11.8 Å². The molecule has 114 valence electrons. The highest BCUT2D eigenvalue weighted by atomic mass is 32.2. The zero-order valence-electron chi connectivity index (χ0n) is 11.2. The monoisotopic (exact) mass is 326 g/mol. The second kappa shape index (κ2) is 5.35. The van der Waals surface area contributed by atoms with Gasteiger partial charge < -0.3 is 4.74 Å². The van der Waals surface area contributed by atoms with Gasteiger partial charge >= 0.3 is 6.18 Å². The van der Waals surface area contributed by atoms with Crippen LogP contribution in [-0.2, 0) is 0 Å². The Hall–Kier alpha value is -1.95. The van der Waals surface area contributed by atoms with E-state index in [-0.39, 0.29) is 11.5 Å². The van der Waals surface area contributed by atoms with Gasteiger partial charge in [-0.05, 0) is 18.2 Å². The maximum atomic E-state index is 13.3. The maximum Gasteiger partial charge on any atom is 0.404 e. The van der Waals surface area contributed by atoms with E-state index in [4.69, 9.17) is 4.74 Å². The van der Waals surface area contributed by atoms with Gasteiger partial charge in [-0.15, -0.1) is 11.8 Å². The lowest BCUT2D eigenvalue weighted by atomic mass is 10.00. The van der Waals surface area contributed by atoms with E-state index in [1.54, 1.807) is 6.08 Å². The summed E-state index contributed by atoms with van der Waals surface area (Å²) in [6.45, 7) is 3.59. The summed E-state index contributed by atoms with van der Waals surface area (Å²) in [5, 5.41) is -1.63. The minimum Gasteiger partial charge on any atom is -0.455 e. The fraction of sp³-hybridized carbons (Fsp3) is 0.125. The predicted octanol–water partition coefficient (Wildman–Crippen LogP) is 5.23. The van der Waals surface area contributed by atoms with Crippen molar-refractivity contribution in [3.63, 3.8) is 0 Å². The molecule has 0 radical (unpaired) electrons. The van der Waals surface area contributed by atoms with Crippen molar-refractivity contribution in [2.24, 2.45) is 0 Å². The quantitative estimate of drug-likeness (QED) is 0.653. The average Bonchev–Trinajstić information content (AvgIpc) is 2.45. The highest BCUT2D eigenvalue weighted by Crippen LogP contribution is 2.50. The molecule has 2 heterocycles. The van der Waals surface area contributed by atoms with Crippen LogP contribution in [0.1, 0.15) is 5.56 Å². The molecule has 0 N–H and O–H groups in total. The average molecular weight is 326 g/mol. The molecule has 22 heavy (non-hydrogen) atoms. The Balaban J connectivity index is 2.08. The van der Waals surface area contributed by atoms with E-state index in [0.717, 1.165) is 6.08 Å². The lowest BCUT2D eigenvalue weighted by Gasteiger charge is -2.29. The predicted molar refractivity (Wildman–Crippen MR) is 78.8 cm³/mol. The van der Waals surface area contributed by atoms with Crippen molar-refractivity contribution >= 4 is 17.3 Å². The minimum atomic E-state index is -4.35. The Bertz CT molecular complexity index is 728. The van der Waals surface area contributed by atoms with Crippen molar-refractivity contribution in [3.8, 4) is 5.75 Å². The van der Waals surface area contributed by atoms with Crippen LogP contribution in [0.25, 0.3) is 5.57 Å². The summed E-state index contributed by atoms with van der Waals surface area (Å²) in [5.41, 5.74) is 1.10. The van der Waals surface area contributed by atoms with Crippen molar-refractivity contribution in [3.05, 3.63) is 71.1 Å². The normalized spacial score (nSPS) is 22.2. The third-order valence-electron chi connectivity index (χ3n) is 3.20. The molecule has 0 saturated carbocycles. The first-order chi connectivity index (χ1) is 10.4. The summed E-state index contributed by atoms with van der Waals surface area (Å²) in [6, 6.07) is 3.95. The van der Waals surface area contributed by atoms with Crippen LogP contribution in [0.2, 0.25) is 0 Å². The third kappa shape index (κ3) is 2.59. The molecule has 0 amide bonds. The second-order valence-corrected chi connectivity index (χ2v) is 5.84. The molecule has 1 aromatic rings. The number of hydrogen-bond donors (Lipinski definition) is 0. The van der Waals surface area contributed by atoms with E-state index < -0.39 is 17.2 Å². The smallest absolute Gasteiger partial charge is 0.404 e. The van der Waals surface area contributed by atoms with E-state index in [2.05, 4.69) is 6.58 Å². The molecule has 2 aliphatic heterocycles. The van der Waals surface area contributed by atoms with Crippen molar-refractivity contribution in [2.45, 2.75) is 11.4 Å². The molecule has 0 bridgehead atoms. The SMILES string of the molecule is C=CC=C1C2=C(C=CC(C(F)(F)F)S2)Oc2cc(F)ccc21. The van der Waals surface area contributed by atoms with Crippen LogP contribution in [0.3, 0.4) is 0 Å². The molecule has 0 aliphatic carbocycles. The van der Waals surface area contributed by atoms with Gasteiger partial charge in [-0.3, -0.25) is 0 Å². The molecular formula is C16H10F4OS. The topological polar surface area (TPSA) is 9.23 Å². The number of halogens is 4. The first kappa shape index (κ1) is 15.0. The summed E-state index contributed by atoms with van der Waals surface area (Å²) < 4.78 is 57.7. The van der Waals surface area contributed by atoms with Gasteiger partial charge in [0.1, 0.15) is 22.6 Å². The van der Waals surface area contributed by atoms with E-state index in [9.17, 15) is 17.6 Å². The van der Waals surface area contributed by atoms with Crippen LogP contribution < -0.4 is 4.74 Å². The summed E-state index contributed by atoms with van der Waals surface area (Å²) in [5.74, 6) is 0.0978. The van der Waals surface area contributed by atoms with Gasteiger partial charge in [0.15, 0.2) is 0 Å². The van der Waals surface area contributed by atoms with E-state index >= 15 is 0 Å². The molecule has 1 aromatic carbocycles. The Morgan fingerprint density at radius 1 is 1.27 bits per heavy atom. The Labute approximate surface area is 128 Å². The highest BCUT2D eigenvalue weighted by molar-refractivity contribution is 8.04. The first-order valence-corrected chi connectivity index (χ1v) is 7.25. The molecule has 1 unspecified atom stereocenters. The number of ether oxygens (including phenoxy) is 1. The molecular weight excluding hydrogens is 316 g/mol. The van der Waals surface area contributed by atoms with Crippen molar-refractivity contribution in [2.75, 3.05) is 0 Å². The van der Waals surface area contributed by atoms with Crippen molar-refractivity contribution in [1.82, 2.24) is 0 Å². The summed E-state index contributed by atoms with van der Waals surface area (Å²) >= 11 is 0.671. The van der Waals surface area contributed by atoms with Gasteiger partial charge in [-0.25, -0.2) is 4.39 Å². The number of hydrogen-bond acceptors (Lipinski definition) is 2. The fourth-order valence-electron chi connectivity index (χ4n) is 2.25. The zero-order valence-corrected chi connectivity index (χ0v) is 12.0. The van der Waals surface area contributed by atoms with Gasteiger partial charge in [0.25, 0.3) is 0 Å². The van der Waals surface area contributed by atoms with Gasteiger partial charge in [-0.2, -0.15) is 13.2 Å². The number of thioether (sulfide) groups is 1. The fourth-order valence-corrected chi connectivity index (χ4v) is 3.33. The molecule has 2 aliphatic rings. The lowest BCUT2D eigenvalue weighted by Crippen LogP contribution is -2.26. The second-order valence-electron chi connectivity index (χ2n) is 4.69. The number of alkyl halides is 3. The molecule has 1 nitrogen and oxygen atoms in total. The van der Waals surface area contributed by atoms with Gasteiger partial charge in [0, 0.05) is 17.2 Å². The zero-order chi connectivity index (χ0) is 15.9. The van der Waals surface area contributed by atoms with E-state index in [1.165, 1.54) is 30.4 Å². The molecule has 0 aromatic heterocycles. The largest absolute Gasteiger partial charge is 0.455 e. The van der Waals surface area contributed by atoms with Gasteiger partial charge in [0.05, 0.1) is 4.91 Å². The third-order valence-corrected chi connectivity index (χ3v) is 4.53. The summed E-state index contributed by atoms with van der Waals surface area (Å²) in [6.07, 6.45) is 1.07. The summed E-state index contributed by atoms with van der Waals surface area (Å²) in [4.78, 5) is 0.379. The Kier molecular flexibility index (Phi) is 3.64. The molecule has 1 atom stereocenters. The molecule has 0 fully saturated rings. The van der Waals surface area contributed by atoms with Crippen LogP contribution in [0, 0.1) is 5.82 Å². The number of benzene rings is 1. The van der Waals surface area contributed by atoms with Gasteiger partial charge in [0.2, 0.25) is 0 Å². The van der Waals surface area contributed by atoms with Crippen LogP contribution in [0.4, 0.5) is 17.6 Å². The highest BCUT2D eigenvalue weighted by Gasteiger charge is 2.42. The minimum absolute atomic E-state index is 0.280. The van der Waals surface area contributed by atoms with Crippen LogP contribution in [0.15, 0.2) is 59.7 Å². The summed E-state index contributed by atoms with van der Waals surface area (Å²) in [7, 11) is 0. The Morgan fingerprint density at radius 3 is 2.73 bits per heavy atom. The maximum absolute atomic E-state index is 13.3. The number of rotatable bonds is 1. The lowest BCUT2D eigenvalue weighted by molar-refractivity contribution is -0.120. The molecule has 3 rings (SSSR count).